The van der Waals surface area contributed by atoms with Crippen molar-refractivity contribution >= 4 is 0 Å². The number of rotatable bonds is 2. The fourth-order valence-electron chi connectivity index (χ4n) is 0.0253. The van der Waals surface area contributed by atoms with E-state index >= 15 is 0 Å². The zero-order valence-corrected chi connectivity index (χ0v) is 5.52. The quantitative estimate of drug-likeness (QED) is 0.516. The molecule has 0 aromatic carbocycles. The first-order valence-corrected chi connectivity index (χ1v) is 3.72. The van der Waals surface area contributed by atoms with Gasteiger partial charge in [-0.2, -0.15) is 0 Å². The molecule has 0 unspecified atom stereocenters. The predicted molar refractivity (Wildman–Crippen MR) is 2.19 cm³/mol. The Labute approximate surface area is 68.5 Å². The molecule has 7 heteroatoms. The number of halogens is 2. The van der Waals surface area contributed by atoms with Crippen molar-refractivity contribution in [2.24, 2.45) is 0 Å². The molecule has 0 fully saturated rings. The first kappa shape index (κ1) is 8.63. The average molecular weight is 250 g/mol. The van der Waals surface area contributed by atoms with Gasteiger partial charge in [0.1, 0.15) is 0 Å². The molecule has 46 valence electrons. The summed E-state index contributed by atoms with van der Waals surface area (Å²) < 4.78 is 41.4. The van der Waals surface area contributed by atoms with E-state index in [2.05, 4.69) is -0.391 Å². The summed E-state index contributed by atoms with van der Waals surface area (Å²) >= 11 is -2.25. The van der Waals surface area contributed by atoms with E-state index in [9.17, 15) is 14.1 Å². The van der Waals surface area contributed by atoms with Gasteiger partial charge in [0.05, 0.1) is 0 Å². The zero-order valence-electron chi connectivity index (χ0n) is 2.74. The van der Waals surface area contributed by atoms with Gasteiger partial charge in [-0.25, -0.2) is 0 Å². The molecular formula is ClFO4Xe. The predicted octanol–water partition coefficient (Wildman–Crippen LogP) is -3.22. The first-order chi connectivity index (χ1) is 3.06. The van der Waals surface area contributed by atoms with E-state index in [1.165, 1.54) is 0 Å². The molecule has 0 spiro atoms. The Hall–Kier alpha value is 1.63. The van der Waals surface area contributed by atoms with E-state index in [-0.39, 0.29) is 0 Å². The van der Waals surface area contributed by atoms with E-state index in [0.29, 0.717) is 0 Å². The van der Waals surface area contributed by atoms with Gasteiger partial charge in [-0.05, 0) is 0 Å². The van der Waals surface area contributed by atoms with Crippen LogP contribution in [0.4, 0.5) is 0.0835 Å². The second kappa shape index (κ2) is 3.62. The monoisotopic (exact) mass is 250 g/mol. The molecule has 7 heavy (non-hydrogen) atoms. The number of hydrogen-bond acceptors (Lipinski definition) is 4. The van der Waals surface area contributed by atoms with Crippen molar-refractivity contribution in [2.75, 3.05) is 0 Å². The summed E-state index contributed by atoms with van der Waals surface area (Å²) in [5, 5.41) is 0. The third-order valence-electron chi connectivity index (χ3n) is 0.0874. The van der Waals surface area contributed by atoms with Crippen molar-refractivity contribution < 1.29 is 69.7 Å². The van der Waals surface area contributed by atoms with Crippen molar-refractivity contribution in [3.8, 4) is 0 Å². The topological polar surface area (TPSA) is 78.4 Å². The SMILES string of the molecule is [O-][Cl+3]([O-])([O-])O[Xe]F. The molecular weight excluding hydrogens is 250 g/mol. The van der Waals surface area contributed by atoms with Crippen LogP contribution >= 0.6 is 0 Å². The average Bonchev–Trinajstić information content (AvgIpc) is 1.30. The van der Waals surface area contributed by atoms with Crippen LogP contribution < -0.4 is 14.0 Å². The Bertz CT molecular complexity index is 50.1. The summed E-state index contributed by atoms with van der Waals surface area (Å²) in [4.78, 5) is 0. The molecule has 0 bridgehead atoms. The van der Waals surface area contributed by atoms with E-state index in [1.54, 1.807) is 0 Å². The molecule has 0 radical (unpaired) electrons. The van der Waals surface area contributed by atoms with Crippen molar-refractivity contribution in [3.63, 3.8) is 0 Å². The first-order valence-electron chi connectivity index (χ1n) is 0.895. The van der Waals surface area contributed by atoms with Crippen molar-refractivity contribution in [3.05, 3.63) is 0 Å². The Morgan fingerprint density at radius 2 is 1.86 bits per heavy atom. The number of hydrogen-bond donors (Lipinski definition) is 0. The van der Waals surface area contributed by atoms with Crippen LogP contribution in [0.3, 0.4) is 0 Å². The van der Waals surface area contributed by atoms with Crippen LogP contribution in [0.1, 0.15) is 0 Å². The van der Waals surface area contributed by atoms with Gasteiger partial charge in [0.2, 0.25) is 0 Å². The van der Waals surface area contributed by atoms with Crippen molar-refractivity contribution in [1.29, 1.82) is 0 Å². The summed E-state index contributed by atoms with van der Waals surface area (Å²) in [6.07, 6.45) is 0. The van der Waals surface area contributed by atoms with Crippen LogP contribution in [0.15, 0.2) is 0 Å². The molecule has 0 aliphatic rings. The molecule has 0 aromatic heterocycles. The van der Waals surface area contributed by atoms with Crippen molar-refractivity contribution in [1.82, 2.24) is 0 Å². The van der Waals surface area contributed by atoms with E-state index < -0.39 is 56.0 Å². The van der Waals surface area contributed by atoms with Gasteiger partial charge in [-0.1, -0.05) is 0 Å². The maximum absolute atomic E-state index is 10.8. The normalized spacial score (nSPS) is 12.6. The summed E-state index contributed by atoms with van der Waals surface area (Å²) in [6.45, 7) is 0. The minimum absolute atomic E-state index is 2.25. The molecule has 0 heterocycles. The van der Waals surface area contributed by atoms with Gasteiger partial charge < -0.3 is 0 Å². The maximum atomic E-state index is 10.8. The molecule has 0 aromatic rings. The molecule has 0 saturated carbocycles. The van der Waals surface area contributed by atoms with Crippen molar-refractivity contribution in [2.45, 2.75) is 0 Å². The van der Waals surface area contributed by atoms with Gasteiger partial charge in [0.25, 0.3) is 0 Å². The molecule has 0 amide bonds. The standard InChI is InChI=1S/ClFO4Xe/c2-7-6-1(3,4)5. The third kappa shape index (κ3) is 7.63. The second-order valence-corrected chi connectivity index (χ2v) is 2.60. The van der Waals surface area contributed by atoms with Gasteiger partial charge >= 0.3 is 69.7 Å². The third-order valence-corrected chi connectivity index (χ3v) is 1.76. The Morgan fingerprint density at radius 1 is 1.43 bits per heavy atom. The summed E-state index contributed by atoms with van der Waals surface area (Å²) in [5.74, 6) is 0. The van der Waals surface area contributed by atoms with Crippen LogP contribution in [-0.2, 0) is -0.391 Å². The van der Waals surface area contributed by atoms with Crippen LogP contribution in [0.2, 0.25) is 0 Å². The Kier molecular flexibility index (Phi) is 4.46. The molecule has 0 atom stereocenters. The summed E-state index contributed by atoms with van der Waals surface area (Å²) in [7, 11) is -4.52. The fourth-order valence-corrected chi connectivity index (χ4v) is 0.508. The molecule has 0 rings (SSSR count). The molecule has 0 aliphatic carbocycles. The van der Waals surface area contributed by atoms with Gasteiger partial charge in [0, 0.05) is 0 Å². The van der Waals surface area contributed by atoms with Gasteiger partial charge in [0.15, 0.2) is 0 Å². The van der Waals surface area contributed by atoms with Crippen LogP contribution in [0.5, 0.6) is 0 Å². The minimum atomic E-state index is -4.52. The fraction of sp³-hybridized carbons (Fsp3) is 0. The van der Waals surface area contributed by atoms with E-state index in [0.717, 1.165) is 0 Å². The second-order valence-electron chi connectivity index (χ2n) is 0.487. The van der Waals surface area contributed by atoms with Crippen LogP contribution in [-0.4, -0.2) is 0 Å². The summed E-state index contributed by atoms with van der Waals surface area (Å²) in [6, 6.07) is 0. The molecule has 0 saturated heterocycles. The Balaban J connectivity index is 3.15. The summed E-state index contributed by atoms with van der Waals surface area (Å²) in [5.41, 5.74) is 0. The molecule has 4 nitrogen and oxygen atoms in total. The van der Waals surface area contributed by atoms with Gasteiger partial charge in [-0.3, -0.25) is 0 Å². The molecule has 0 aliphatic heterocycles. The molecule has 0 N–H and O–H groups in total. The van der Waals surface area contributed by atoms with E-state index in [1.807, 2.05) is 0 Å². The Morgan fingerprint density at radius 3 is 1.86 bits per heavy atom. The van der Waals surface area contributed by atoms with Crippen LogP contribution in [0, 0.1) is 56.0 Å². The van der Waals surface area contributed by atoms with Gasteiger partial charge in [-0.15, -0.1) is 0 Å². The zero-order chi connectivity index (χ0) is 5.91. The van der Waals surface area contributed by atoms with E-state index in [4.69, 9.17) is 0 Å². The van der Waals surface area contributed by atoms with Crippen LogP contribution in [0.25, 0.3) is 0 Å².